The molecule has 0 aliphatic carbocycles. The van der Waals surface area contributed by atoms with Crippen LogP contribution in [0.15, 0.2) is 59.6 Å². The fourth-order valence-corrected chi connectivity index (χ4v) is 2.21. The lowest BCUT2D eigenvalue weighted by molar-refractivity contribution is 0.552. The Labute approximate surface area is 113 Å². The van der Waals surface area contributed by atoms with Crippen LogP contribution in [0.25, 0.3) is 11.1 Å². The first-order valence-electron chi connectivity index (χ1n) is 6.55. The van der Waals surface area contributed by atoms with Crippen molar-refractivity contribution in [2.75, 3.05) is 0 Å². The summed E-state index contributed by atoms with van der Waals surface area (Å²) in [5.74, 6) is 0. The van der Waals surface area contributed by atoms with E-state index in [0.29, 0.717) is 0 Å². The number of rotatable bonds is 5. The monoisotopic (exact) mass is 251 g/mol. The van der Waals surface area contributed by atoms with Gasteiger partial charge < -0.3 is 0 Å². The number of isocyanates is 1. The third-order valence-electron chi connectivity index (χ3n) is 3.26. The van der Waals surface area contributed by atoms with Crippen molar-refractivity contribution in [3.8, 4) is 11.1 Å². The Morgan fingerprint density at radius 3 is 2.42 bits per heavy atom. The average molecular weight is 251 g/mol. The summed E-state index contributed by atoms with van der Waals surface area (Å²) in [5, 5.41) is 0. The quantitative estimate of drug-likeness (QED) is 0.583. The summed E-state index contributed by atoms with van der Waals surface area (Å²) < 4.78 is 0. The van der Waals surface area contributed by atoms with Gasteiger partial charge >= 0.3 is 0 Å². The SMILES string of the molecule is CCC(Cc1ccccc1-c1ccccc1)N=C=O. The van der Waals surface area contributed by atoms with Gasteiger partial charge in [-0.1, -0.05) is 61.5 Å². The number of hydrogen-bond donors (Lipinski definition) is 0. The van der Waals surface area contributed by atoms with Crippen molar-refractivity contribution in [1.82, 2.24) is 0 Å². The molecule has 2 nitrogen and oxygen atoms in total. The Balaban J connectivity index is 2.34. The largest absolute Gasteiger partial charge is 0.235 e. The van der Waals surface area contributed by atoms with E-state index in [0.717, 1.165) is 12.8 Å². The molecule has 0 saturated heterocycles. The van der Waals surface area contributed by atoms with E-state index in [1.165, 1.54) is 16.7 Å². The van der Waals surface area contributed by atoms with Gasteiger partial charge in [-0.3, -0.25) is 0 Å². The minimum absolute atomic E-state index is 0.0161. The molecule has 1 unspecified atom stereocenters. The molecule has 0 aliphatic heterocycles. The zero-order chi connectivity index (χ0) is 13.5. The number of hydrogen-bond acceptors (Lipinski definition) is 2. The molecular weight excluding hydrogens is 234 g/mol. The summed E-state index contributed by atoms with van der Waals surface area (Å²) in [6, 6.07) is 18.6. The minimum Gasteiger partial charge on any atom is -0.211 e. The fraction of sp³-hybridized carbons (Fsp3) is 0.235. The highest BCUT2D eigenvalue weighted by Crippen LogP contribution is 2.25. The molecule has 2 aromatic carbocycles. The van der Waals surface area contributed by atoms with Gasteiger partial charge in [-0.25, -0.2) is 9.79 Å². The Hall–Kier alpha value is -2.18. The van der Waals surface area contributed by atoms with E-state index in [9.17, 15) is 4.79 Å². The summed E-state index contributed by atoms with van der Waals surface area (Å²) in [5.41, 5.74) is 3.63. The van der Waals surface area contributed by atoms with E-state index in [-0.39, 0.29) is 6.04 Å². The molecule has 96 valence electrons. The van der Waals surface area contributed by atoms with Crippen molar-refractivity contribution in [2.24, 2.45) is 4.99 Å². The van der Waals surface area contributed by atoms with E-state index < -0.39 is 0 Å². The van der Waals surface area contributed by atoms with E-state index >= 15 is 0 Å². The van der Waals surface area contributed by atoms with Crippen LogP contribution in [-0.2, 0) is 11.2 Å². The number of nitrogens with zero attached hydrogens (tertiary/aromatic N) is 1. The van der Waals surface area contributed by atoms with Gasteiger partial charge in [0.1, 0.15) is 0 Å². The van der Waals surface area contributed by atoms with Crippen LogP contribution in [0.3, 0.4) is 0 Å². The van der Waals surface area contributed by atoms with Crippen LogP contribution >= 0.6 is 0 Å². The van der Waals surface area contributed by atoms with Gasteiger partial charge in [0.2, 0.25) is 6.08 Å². The van der Waals surface area contributed by atoms with Crippen LogP contribution in [0.4, 0.5) is 0 Å². The minimum atomic E-state index is 0.0161. The number of aliphatic imine (C=N–C) groups is 1. The second kappa shape index (κ2) is 6.67. The maximum atomic E-state index is 10.4. The summed E-state index contributed by atoms with van der Waals surface area (Å²) in [6.45, 7) is 2.04. The molecule has 19 heavy (non-hydrogen) atoms. The van der Waals surface area contributed by atoms with Gasteiger partial charge in [0.15, 0.2) is 0 Å². The predicted octanol–water partition coefficient (Wildman–Crippen LogP) is 4.01. The summed E-state index contributed by atoms with van der Waals surface area (Å²) in [4.78, 5) is 14.3. The van der Waals surface area contributed by atoms with E-state index in [2.05, 4.69) is 29.3 Å². The molecule has 0 fully saturated rings. The molecule has 0 N–H and O–H groups in total. The fourth-order valence-electron chi connectivity index (χ4n) is 2.21. The topological polar surface area (TPSA) is 29.4 Å². The molecule has 0 heterocycles. The number of benzene rings is 2. The van der Waals surface area contributed by atoms with Gasteiger partial charge in [-0.05, 0) is 29.5 Å². The van der Waals surface area contributed by atoms with Gasteiger partial charge in [-0.2, -0.15) is 0 Å². The molecule has 0 aromatic heterocycles. The van der Waals surface area contributed by atoms with Crippen molar-refractivity contribution < 1.29 is 4.79 Å². The normalized spacial score (nSPS) is 11.6. The molecule has 0 amide bonds. The molecule has 0 radical (unpaired) electrons. The molecule has 2 rings (SSSR count). The van der Waals surface area contributed by atoms with Crippen molar-refractivity contribution in [3.63, 3.8) is 0 Å². The first-order chi connectivity index (χ1) is 9.35. The van der Waals surface area contributed by atoms with Crippen LogP contribution < -0.4 is 0 Å². The Morgan fingerprint density at radius 1 is 1.05 bits per heavy atom. The Bertz CT molecular complexity index is 571. The van der Waals surface area contributed by atoms with Crippen LogP contribution in [0.2, 0.25) is 0 Å². The third kappa shape index (κ3) is 3.40. The summed E-state index contributed by atoms with van der Waals surface area (Å²) >= 11 is 0. The van der Waals surface area contributed by atoms with E-state index in [4.69, 9.17) is 0 Å². The molecule has 0 aliphatic rings. The lowest BCUT2D eigenvalue weighted by Gasteiger charge is -2.13. The summed E-state index contributed by atoms with van der Waals surface area (Å²) in [7, 11) is 0. The highest BCUT2D eigenvalue weighted by atomic mass is 16.1. The Kier molecular flexibility index (Phi) is 4.66. The van der Waals surface area contributed by atoms with Crippen LogP contribution in [0.5, 0.6) is 0 Å². The number of carbonyl (C=O) groups excluding carboxylic acids is 1. The van der Waals surface area contributed by atoms with Crippen molar-refractivity contribution in [3.05, 3.63) is 60.2 Å². The van der Waals surface area contributed by atoms with Crippen LogP contribution in [-0.4, -0.2) is 12.1 Å². The molecule has 2 aromatic rings. The van der Waals surface area contributed by atoms with Gasteiger partial charge in [0.05, 0.1) is 6.04 Å². The molecule has 0 saturated carbocycles. The zero-order valence-electron chi connectivity index (χ0n) is 11.0. The summed E-state index contributed by atoms with van der Waals surface area (Å²) in [6.07, 6.45) is 3.29. The second-order valence-corrected chi connectivity index (χ2v) is 4.51. The van der Waals surface area contributed by atoms with E-state index in [1.54, 1.807) is 6.08 Å². The van der Waals surface area contributed by atoms with Gasteiger partial charge in [0.25, 0.3) is 0 Å². The predicted molar refractivity (Wildman–Crippen MR) is 77.8 cm³/mol. The molecular formula is C17H17NO. The smallest absolute Gasteiger partial charge is 0.211 e. The second-order valence-electron chi connectivity index (χ2n) is 4.51. The molecule has 2 heteroatoms. The van der Waals surface area contributed by atoms with Gasteiger partial charge in [0, 0.05) is 0 Å². The van der Waals surface area contributed by atoms with Crippen LogP contribution in [0.1, 0.15) is 18.9 Å². The molecule has 1 atom stereocenters. The standard InChI is InChI=1S/C17H17NO/c1-2-16(18-13-19)12-15-10-6-7-11-17(15)14-8-4-3-5-9-14/h3-11,16H,2,12H2,1H3. The molecule has 0 bridgehead atoms. The van der Waals surface area contributed by atoms with Crippen molar-refractivity contribution in [1.29, 1.82) is 0 Å². The van der Waals surface area contributed by atoms with E-state index in [1.807, 2.05) is 37.3 Å². The lowest BCUT2D eigenvalue weighted by atomic mass is 9.94. The first-order valence-corrected chi connectivity index (χ1v) is 6.55. The Morgan fingerprint density at radius 2 is 1.74 bits per heavy atom. The third-order valence-corrected chi connectivity index (χ3v) is 3.26. The van der Waals surface area contributed by atoms with Crippen molar-refractivity contribution in [2.45, 2.75) is 25.8 Å². The van der Waals surface area contributed by atoms with Crippen LogP contribution in [0, 0.1) is 0 Å². The first kappa shape index (κ1) is 13.3. The maximum Gasteiger partial charge on any atom is 0.235 e. The average Bonchev–Trinajstić information content (AvgIpc) is 2.48. The zero-order valence-corrected chi connectivity index (χ0v) is 11.0. The highest BCUT2D eigenvalue weighted by molar-refractivity contribution is 5.67. The molecule has 0 spiro atoms. The van der Waals surface area contributed by atoms with Gasteiger partial charge in [-0.15, -0.1) is 0 Å². The maximum absolute atomic E-state index is 10.4. The van der Waals surface area contributed by atoms with Crippen molar-refractivity contribution >= 4 is 6.08 Å². The highest BCUT2D eigenvalue weighted by Gasteiger charge is 2.10. The lowest BCUT2D eigenvalue weighted by Crippen LogP contribution is -2.07.